The fourth-order valence-electron chi connectivity index (χ4n) is 2.00. The standard InChI is InChI=1S/C18H16F3NO4/c1-11(26-17(24)12-3-9-15(25-2)10-4-12)16(23)22-14-7-5-13(6-8-14)18(19,20)21/h3-11H,1-2H3,(H,22,23)/t11-/m0/s1. The minimum Gasteiger partial charge on any atom is -0.497 e. The molecule has 0 unspecified atom stereocenters. The summed E-state index contributed by atoms with van der Waals surface area (Å²) in [7, 11) is 1.49. The largest absolute Gasteiger partial charge is 0.497 e. The zero-order valence-corrected chi connectivity index (χ0v) is 14.0. The van der Waals surface area contributed by atoms with Crippen LogP contribution in [0.3, 0.4) is 0 Å². The summed E-state index contributed by atoms with van der Waals surface area (Å²) in [4.78, 5) is 24.0. The van der Waals surface area contributed by atoms with Crippen LogP contribution in [-0.2, 0) is 15.7 Å². The number of halogens is 3. The third-order valence-electron chi connectivity index (χ3n) is 3.46. The number of carbonyl (C=O) groups is 2. The van der Waals surface area contributed by atoms with Gasteiger partial charge in [0.25, 0.3) is 5.91 Å². The average molecular weight is 367 g/mol. The van der Waals surface area contributed by atoms with Gasteiger partial charge in [-0.05, 0) is 55.5 Å². The van der Waals surface area contributed by atoms with Gasteiger partial charge in [-0.2, -0.15) is 13.2 Å². The normalized spacial score (nSPS) is 12.2. The Labute approximate surface area is 147 Å². The molecule has 0 aromatic heterocycles. The average Bonchev–Trinajstić information content (AvgIpc) is 2.61. The third kappa shape index (κ3) is 4.98. The van der Waals surface area contributed by atoms with E-state index in [4.69, 9.17) is 9.47 Å². The molecule has 1 atom stereocenters. The van der Waals surface area contributed by atoms with Crippen molar-refractivity contribution in [2.75, 3.05) is 12.4 Å². The van der Waals surface area contributed by atoms with Crippen LogP contribution in [0.2, 0.25) is 0 Å². The molecule has 0 heterocycles. The highest BCUT2D eigenvalue weighted by molar-refractivity contribution is 5.97. The number of carbonyl (C=O) groups excluding carboxylic acids is 2. The quantitative estimate of drug-likeness (QED) is 0.814. The molecule has 5 nitrogen and oxygen atoms in total. The molecule has 0 spiro atoms. The maximum absolute atomic E-state index is 12.5. The van der Waals surface area contributed by atoms with E-state index in [9.17, 15) is 22.8 Å². The van der Waals surface area contributed by atoms with E-state index in [1.807, 2.05) is 0 Å². The Balaban J connectivity index is 1.95. The summed E-state index contributed by atoms with van der Waals surface area (Å²) >= 11 is 0. The molecular weight excluding hydrogens is 351 g/mol. The van der Waals surface area contributed by atoms with Crippen molar-refractivity contribution in [1.82, 2.24) is 0 Å². The topological polar surface area (TPSA) is 64.6 Å². The molecule has 0 aliphatic heterocycles. The molecule has 1 N–H and O–H groups in total. The Hall–Kier alpha value is -3.03. The fraction of sp³-hybridized carbons (Fsp3) is 0.222. The first kappa shape index (κ1) is 19.3. The number of hydrogen-bond acceptors (Lipinski definition) is 4. The first-order valence-electron chi connectivity index (χ1n) is 7.54. The van der Waals surface area contributed by atoms with Crippen LogP contribution >= 0.6 is 0 Å². The van der Waals surface area contributed by atoms with E-state index in [0.717, 1.165) is 24.3 Å². The van der Waals surface area contributed by atoms with Gasteiger partial charge in [0.2, 0.25) is 0 Å². The highest BCUT2D eigenvalue weighted by Gasteiger charge is 2.30. The summed E-state index contributed by atoms with van der Waals surface area (Å²) in [5.74, 6) is -0.802. The second-order valence-electron chi connectivity index (χ2n) is 5.34. The molecule has 0 bridgehead atoms. The second kappa shape index (κ2) is 7.90. The van der Waals surface area contributed by atoms with Gasteiger partial charge in [-0.1, -0.05) is 0 Å². The molecule has 26 heavy (non-hydrogen) atoms. The van der Waals surface area contributed by atoms with E-state index in [1.165, 1.54) is 26.2 Å². The SMILES string of the molecule is COc1ccc(C(=O)O[C@@H](C)C(=O)Nc2ccc(C(F)(F)F)cc2)cc1. The van der Waals surface area contributed by atoms with Gasteiger partial charge < -0.3 is 14.8 Å². The highest BCUT2D eigenvalue weighted by Crippen LogP contribution is 2.29. The van der Waals surface area contributed by atoms with Crippen LogP contribution in [0.15, 0.2) is 48.5 Å². The van der Waals surface area contributed by atoms with Gasteiger partial charge >= 0.3 is 12.1 Å². The maximum atomic E-state index is 12.5. The molecule has 0 fully saturated rings. The molecule has 2 aromatic rings. The van der Waals surface area contributed by atoms with Crippen molar-refractivity contribution in [3.63, 3.8) is 0 Å². The molecule has 0 saturated heterocycles. The van der Waals surface area contributed by atoms with Crippen LogP contribution in [0, 0.1) is 0 Å². The van der Waals surface area contributed by atoms with Crippen molar-refractivity contribution < 1.29 is 32.2 Å². The Kier molecular flexibility index (Phi) is 5.86. The van der Waals surface area contributed by atoms with Gasteiger partial charge in [-0.25, -0.2) is 4.79 Å². The van der Waals surface area contributed by atoms with Crippen LogP contribution in [0.25, 0.3) is 0 Å². The van der Waals surface area contributed by atoms with Crippen LogP contribution in [0.5, 0.6) is 5.75 Å². The fourth-order valence-corrected chi connectivity index (χ4v) is 2.00. The molecule has 8 heteroatoms. The number of ether oxygens (including phenoxy) is 2. The van der Waals surface area contributed by atoms with Gasteiger partial charge in [0.15, 0.2) is 6.10 Å². The molecule has 0 radical (unpaired) electrons. The minimum absolute atomic E-state index is 0.162. The number of benzene rings is 2. The molecule has 2 aromatic carbocycles. The molecule has 0 aliphatic carbocycles. The lowest BCUT2D eigenvalue weighted by Gasteiger charge is -2.14. The van der Waals surface area contributed by atoms with E-state index < -0.39 is 29.7 Å². The summed E-state index contributed by atoms with van der Waals surface area (Å²) < 4.78 is 47.6. The second-order valence-corrected chi connectivity index (χ2v) is 5.34. The van der Waals surface area contributed by atoms with Crippen LogP contribution in [0.4, 0.5) is 18.9 Å². The Morgan fingerprint density at radius 3 is 2.08 bits per heavy atom. The summed E-state index contributed by atoms with van der Waals surface area (Å²) in [6, 6.07) is 10.1. The lowest BCUT2D eigenvalue weighted by Crippen LogP contribution is -2.30. The molecule has 138 valence electrons. The van der Waals surface area contributed by atoms with E-state index >= 15 is 0 Å². The maximum Gasteiger partial charge on any atom is 0.416 e. The van der Waals surface area contributed by atoms with E-state index in [1.54, 1.807) is 12.1 Å². The van der Waals surface area contributed by atoms with Gasteiger partial charge in [-0.15, -0.1) is 0 Å². The van der Waals surface area contributed by atoms with Gasteiger partial charge in [0.1, 0.15) is 5.75 Å². The zero-order chi connectivity index (χ0) is 19.3. The predicted octanol–water partition coefficient (Wildman–Crippen LogP) is 3.90. The van der Waals surface area contributed by atoms with E-state index in [2.05, 4.69) is 5.32 Å². The smallest absolute Gasteiger partial charge is 0.416 e. The Morgan fingerprint density at radius 2 is 1.58 bits per heavy atom. The molecule has 0 saturated carbocycles. The summed E-state index contributed by atoms with van der Waals surface area (Å²) in [5, 5.41) is 2.39. The van der Waals surface area contributed by atoms with Crippen molar-refractivity contribution in [2.45, 2.75) is 19.2 Å². The highest BCUT2D eigenvalue weighted by atomic mass is 19.4. The van der Waals surface area contributed by atoms with Crippen molar-refractivity contribution in [3.8, 4) is 5.75 Å². The van der Waals surface area contributed by atoms with E-state index in [-0.39, 0.29) is 11.3 Å². The Bertz CT molecular complexity index is 771. The summed E-state index contributed by atoms with van der Waals surface area (Å²) in [6.45, 7) is 1.36. The lowest BCUT2D eigenvalue weighted by molar-refractivity contribution is -0.137. The van der Waals surface area contributed by atoms with Crippen molar-refractivity contribution in [2.24, 2.45) is 0 Å². The number of hydrogen-bond donors (Lipinski definition) is 1. The lowest BCUT2D eigenvalue weighted by atomic mass is 10.2. The van der Waals surface area contributed by atoms with Gasteiger partial charge in [0, 0.05) is 5.69 Å². The number of methoxy groups -OCH3 is 1. The number of esters is 1. The molecular formula is C18H16F3NO4. The Morgan fingerprint density at radius 1 is 1.00 bits per heavy atom. The predicted molar refractivity (Wildman–Crippen MR) is 87.9 cm³/mol. The number of rotatable bonds is 5. The van der Waals surface area contributed by atoms with Gasteiger partial charge in [-0.3, -0.25) is 4.79 Å². The number of amides is 1. The van der Waals surface area contributed by atoms with Crippen molar-refractivity contribution >= 4 is 17.6 Å². The molecule has 2 rings (SSSR count). The van der Waals surface area contributed by atoms with Gasteiger partial charge in [0.05, 0.1) is 18.2 Å². The molecule has 1 amide bonds. The minimum atomic E-state index is -4.45. The first-order chi connectivity index (χ1) is 12.2. The number of alkyl halides is 3. The third-order valence-corrected chi connectivity index (χ3v) is 3.46. The van der Waals surface area contributed by atoms with Crippen LogP contribution in [-0.4, -0.2) is 25.1 Å². The van der Waals surface area contributed by atoms with Crippen molar-refractivity contribution in [1.29, 1.82) is 0 Å². The molecule has 0 aliphatic rings. The number of anilines is 1. The van der Waals surface area contributed by atoms with Crippen LogP contribution in [0.1, 0.15) is 22.8 Å². The van der Waals surface area contributed by atoms with Crippen molar-refractivity contribution in [3.05, 3.63) is 59.7 Å². The monoisotopic (exact) mass is 367 g/mol. The first-order valence-corrected chi connectivity index (χ1v) is 7.54. The van der Waals surface area contributed by atoms with E-state index in [0.29, 0.717) is 5.75 Å². The number of nitrogens with one attached hydrogen (secondary N) is 1. The zero-order valence-electron chi connectivity index (χ0n) is 14.0. The summed E-state index contributed by atoms with van der Waals surface area (Å²) in [5.41, 5.74) is -0.426. The van der Waals surface area contributed by atoms with Crippen LogP contribution < -0.4 is 10.1 Å². The summed E-state index contributed by atoms with van der Waals surface area (Å²) in [6.07, 6.45) is -5.59.